The summed E-state index contributed by atoms with van der Waals surface area (Å²) >= 11 is 3.28. The molecule has 6 heteroatoms. The molecule has 2 aromatic rings. The van der Waals surface area contributed by atoms with E-state index in [0.717, 1.165) is 0 Å². The molecule has 108 valence electrons. The van der Waals surface area contributed by atoms with Crippen molar-refractivity contribution in [2.24, 2.45) is 5.10 Å². The van der Waals surface area contributed by atoms with Crippen molar-refractivity contribution in [2.75, 3.05) is 0 Å². The molecule has 21 heavy (non-hydrogen) atoms. The smallest absolute Gasteiger partial charge is 0.272 e. The number of carbonyl (C=O) groups excluding carboxylic acids is 1. The molecule has 1 amide bonds. The Bertz CT molecular complexity index is 691. The summed E-state index contributed by atoms with van der Waals surface area (Å²) in [5, 5.41) is 22.9. The largest absolute Gasteiger partial charge is 0.508 e. The van der Waals surface area contributed by atoms with Gasteiger partial charge in [0.05, 0.1) is 11.8 Å². The Balaban J connectivity index is 2.13. The molecule has 0 fully saturated rings. The minimum Gasteiger partial charge on any atom is -0.508 e. The predicted molar refractivity (Wildman–Crippen MR) is 83.7 cm³/mol. The SMILES string of the molecule is Cc1cc(O)cc(O)c1C=NNC(=O)c1ccccc1Br. The highest BCUT2D eigenvalue weighted by molar-refractivity contribution is 9.10. The molecule has 0 radical (unpaired) electrons. The third kappa shape index (κ3) is 3.61. The van der Waals surface area contributed by atoms with E-state index in [4.69, 9.17) is 0 Å². The lowest BCUT2D eigenvalue weighted by molar-refractivity contribution is 0.0954. The lowest BCUT2D eigenvalue weighted by Gasteiger charge is -2.05. The van der Waals surface area contributed by atoms with Crippen molar-refractivity contribution in [3.05, 3.63) is 57.6 Å². The summed E-state index contributed by atoms with van der Waals surface area (Å²) in [5.41, 5.74) is 3.92. The van der Waals surface area contributed by atoms with Gasteiger partial charge in [-0.1, -0.05) is 12.1 Å². The zero-order valence-electron chi connectivity index (χ0n) is 11.2. The topological polar surface area (TPSA) is 81.9 Å². The summed E-state index contributed by atoms with van der Waals surface area (Å²) < 4.78 is 0.668. The zero-order chi connectivity index (χ0) is 15.4. The van der Waals surface area contributed by atoms with Crippen molar-refractivity contribution in [1.82, 2.24) is 5.43 Å². The number of phenols is 2. The maximum Gasteiger partial charge on any atom is 0.272 e. The highest BCUT2D eigenvalue weighted by Gasteiger charge is 2.08. The predicted octanol–water partition coefficient (Wildman–Crippen LogP) is 2.93. The third-order valence-corrected chi connectivity index (χ3v) is 3.52. The average Bonchev–Trinajstić information content (AvgIpc) is 2.42. The average molecular weight is 349 g/mol. The van der Waals surface area contributed by atoms with E-state index in [0.29, 0.717) is 21.2 Å². The first-order chi connectivity index (χ1) is 9.99. The van der Waals surface area contributed by atoms with Crippen molar-refractivity contribution in [3.63, 3.8) is 0 Å². The van der Waals surface area contributed by atoms with Crippen LogP contribution in [-0.4, -0.2) is 22.3 Å². The standard InChI is InChI=1S/C15H13BrN2O3/c1-9-6-10(19)7-14(20)12(9)8-17-18-15(21)11-4-2-3-5-13(11)16/h2-8,19-20H,1H3,(H,18,21). The van der Waals surface area contributed by atoms with Crippen LogP contribution < -0.4 is 5.43 Å². The van der Waals surface area contributed by atoms with Crippen LogP contribution in [0.5, 0.6) is 11.5 Å². The summed E-state index contributed by atoms with van der Waals surface area (Å²) in [5.74, 6) is -0.500. The monoisotopic (exact) mass is 348 g/mol. The lowest BCUT2D eigenvalue weighted by atomic mass is 10.1. The van der Waals surface area contributed by atoms with Gasteiger partial charge < -0.3 is 10.2 Å². The zero-order valence-corrected chi connectivity index (χ0v) is 12.8. The van der Waals surface area contributed by atoms with Gasteiger partial charge in [0.25, 0.3) is 5.91 Å². The molecule has 2 rings (SSSR count). The maximum atomic E-state index is 11.9. The normalized spacial score (nSPS) is 10.8. The molecule has 0 saturated heterocycles. The van der Waals surface area contributed by atoms with Crippen LogP contribution >= 0.6 is 15.9 Å². The van der Waals surface area contributed by atoms with Crippen molar-refractivity contribution < 1.29 is 15.0 Å². The Hall–Kier alpha value is -2.34. The Morgan fingerprint density at radius 1 is 1.29 bits per heavy atom. The van der Waals surface area contributed by atoms with E-state index >= 15 is 0 Å². The molecule has 0 aromatic heterocycles. The quantitative estimate of drug-likeness (QED) is 0.589. The fourth-order valence-electron chi connectivity index (χ4n) is 1.79. The maximum absolute atomic E-state index is 11.9. The number of rotatable bonds is 3. The number of amides is 1. The molecule has 5 nitrogen and oxygen atoms in total. The van der Waals surface area contributed by atoms with Crippen molar-refractivity contribution in [3.8, 4) is 11.5 Å². The Morgan fingerprint density at radius 2 is 2.00 bits per heavy atom. The molecule has 0 saturated carbocycles. The second kappa shape index (κ2) is 6.41. The fraction of sp³-hybridized carbons (Fsp3) is 0.0667. The molecule has 0 spiro atoms. The van der Waals surface area contributed by atoms with Crippen molar-refractivity contribution in [1.29, 1.82) is 0 Å². The van der Waals surface area contributed by atoms with E-state index in [2.05, 4.69) is 26.5 Å². The number of nitrogens with one attached hydrogen (secondary N) is 1. The number of nitrogens with zero attached hydrogens (tertiary/aromatic N) is 1. The molecule has 0 bridgehead atoms. The summed E-state index contributed by atoms with van der Waals surface area (Å²) in [7, 11) is 0. The van der Waals surface area contributed by atoms with Gasteiger partial charge in [-0.25, -0.2) is 5.43 Å². The fourth-order valence-corrected chi connectivity index (χ4v) is 2.25. The van der Waals surface area contributed by atoms with Gasteiger partial charge in [-0.05, 0) is 46.6 Å². The molecular weight excluding hydrogens is 336 g/mol. The van der Waals surface area contributed by atoms with Crippen LogP contribution in [0, 0.1) is 6.92 Å². The first kappa shape index (κ1) is 15.1. The molecule has 0 atom stereocenters. The second-order valence-electron chi connectivity index (χ2n) is 4.37. The first-order valence-electron chi connectivity index (χ1n) is 6.09. The number of aryl methyl sites for hydroxylation is 1. The van der Waals surface area contributed by atoms with Gasteiger partial charge in [-0.2, -0.15) is 5.10 Å². The van der Waals surface area contributed by atoms with Gasteiger partial charge in [0, 0.05) is 16.1 Å². The molecule has 2 aromatic carbocycles. The Kier molecular flexibility index (Phi) is 4.59. The first-order valence-corrected chi connectivity index (χ1v) is 6.89. The van der Waals surface area contributed by atoms with Gasteiger partial charge in [0.2, 0.25) is 0 Å². The van der Waals surface area contributed by atoms with Crippen LogP contribution in [0.4, 0.5) is 0 Å². The minimum absolute atomic E-state index is 0.0283. The number of hydrazone groups is 1. The number of hydrogen-bond acceptors (Lipinski definition) is 4. The second-order valence-corrected chi connectivity index (χ2v) is 5.23. The summed E-state index contributed by atoms with van der Waals surface area (Å²) in [6, 6.07) is 9.69. The van der Waals surface area contributed by atoms with Crippen LogP contribution in [0.15, 0.2) is 46.0 Å². The molecule has 3 N–H and O–H groups in total. The minimum atomic E-state index is -0.366. The van der Waals surface area contributed by atoms with E-state index in [9.17, 15) is 15.0 Å². The number of halogens is 1. The third-order valence-electron chi connectivity index (χ3n) is 2.83. The van der Waals surface area contributed by atoms with E-state index in [1.165, 1.54) is 18.3 Å². The number of phenolic OH excluding ortho intramolecular Hbond substituents is 2. The van der Waals surface area contributed by atoms with E-state index in [-0.39, 0.29) is 17.4 Å². The number of aromatic hydroxyl groups is 2. The molecule has 0 heterocycles. The number of benzene rings is 2. The molecule has 0 aliphatic carbocycles. The van der Waals surface area contributed by atoms with Gasteiger partial charge in [-0.15, -0.1) is 0 Å². The summed E-state index contributed by atoms with van der Waals surface area (Å²) in [4.78, 5) is 11.9. The lowest BCUT2D eigenvalue weighted by Crippen LogP contribution is -2.18. The Labute approximate surface area is 130 Å². The number of hydrogen-bond donors (Lipinski definition) is 3. The van der Waals surface area contributed by atoms with Crippen LogP contribution in [0.3, 0.4) is 0 Å². The highest BCUT2D eigenvalue weighted by Crippen LogP contribution is 2.25. The molecule has 0 aliphatic rings. The van der Waals surface area contributed by atoms with Gasteiger partial charge in [0.15, 0.2) is 0 Å². The Morgan fingerprint density at radius 3 is 2.67 bits per heavy atom. The van der Waals surface area contributed by atoms with Crippen LogP contribution in [0.25, 0.3) is 0 Å². The van der Waals surface area contributed by atoms with E-state index < -0.39 is 0 Å². The van der Waals surface area contributed by atoms with Crippen LogP contribution in [0.1, 0.15) is 21.5 Å². The van der Waals surface area contributed by atoms with Crippen molar-refractivity contribution in [2.45, 2.75) is 6.92 Å². The van der Waals surface area contributed by atoms with Gasteiger partial charge in [0.1, 0.15) is 11.5 Å². The van der Waals surface area contributed by atoms with E-state index in [1.54, 1.807) is 25.1 Å². The van der Waals surface area contributed by atoms with Crippen LogP contribution in [-0.2, 0) is 0 Å². The highest BCUT2D eigenvalue weighted by atomic mass is 79.9. The van der Waals surface area contributed by atoms with Gasteiger partial charge >= 0.3 is 0 Å². The van der Waals surface area contributed by atoms with E-state index in [1.807, 2.05) is 6.07 Å². The summed E-state index contributed by atoms with van der Waals surface area (Å²) in [6.45, 7) is 1.72. The van der Waals surface area contributed by atoms with Crippen molar-refractivity contribution >= 4 is 28.1 Å². The summed E-state index contributed by atoms with van der Waals surface area (Å²) in [6.07, 6.45) is 1.33. The number of carbonyl (C=O) groups is 1. The molecule has 0 unspecified atom stereocenters. The molecule has 0 aliphatic heterocycles. The van der Waals surface area contributed by atoms with Gasteiger partial charge in [-0.3, -0.25) is 4.79 Å². The van der Waals surface area contributed by atoms with Crippen LogP contribution in [0.2, 0.25) is 0 Å². The molecular formula is C15H13BrN2O3.